The van der Waals surface area contributed by atoms with E-state index in [1.807, 2.05) is 0 Å². The average molecular weight is 701 g/mol. The molecule has 2 heterocycles. The fourth-order valence-electron chi connectivity index (χ4n) is 6.01. The molecule has 0 unspecified atom stereocenters. The highest BCUT2D eigenvalue weighted by Gasteiger charge is 2.36. The highest BCUT2D eigenvalue weighted by molar-refractivity contribution is 5.82. The molecular weight excluding hydrogens is 666 g/mol. The van der Waals surface area contributed by atoms with Gasteiger partial charge in [0.15, 0.2) is 0 Å². The lowest BCUT2D eigenvalue weighted by Gasteiger charge is -2.27. The van der Waals surface area contributed by atoms with E-state index in [4.69, 9.17) is 6.42 Å². The maximum absolute atomic E-state index is 16.4. The van der Waals surface area contributed by atoms with Crippen LogP contribution in [0.4, 0.5) is 26.3 Å². The van der Waals surface area contributed by atoms with E-state index in [0.717, 1.165) is 29.0 Å². The predicted octanol–water partition coefficient (Wildman–Crippen LogP) is 6.91. The fraction of sp³-hybridized carbons (Fsp3) is 0.333. The van der Waals surface area contributed by atoms with E-state index < -0.39 is 76.3 Å². The van der Waals surface area contributed by atoms with Gasteiger partial charge in [-0.2, -0.15) is 13.2 Å². The second-order valence-electron chi connectivity index (χ2n) is 12.4. The number of aliphatic carboxylic acids is 1. The van der Waals surface area contributed by atoms with Gasteiger partial charge >= 0.3 is 12.1 Å². The van der Waals surface area contributed by atoms with Crippen LogP contribution in [0, 0.1) is 49.6 Å². The summed E-state index contributed by atoms with van der Waals surface area (Å²) in [6.07, 6.45) is 4.58. The van der Waals surface area contributed by atoms with Crippen LogP contribution in [0.2, 0.25) is 0 Å². The summed E-state index contributed by atoms with van der Waals surface area (Å²) in [6, 6.07) is 0.242. The molecule has 2 atom stereocenters. The topological polar surface area (TPSA) is 106 Å². The van der Waals surface area contributed by atoms with Gasteiger partial charge in [-0.3, -0.25) is 14.4 Å². The predicted molar refractivity (Wildman–Crippen MR) is 172 cm³/mol. The van der Waals surface area contributed by atoms with E-state index in [-0.39, 0.29) is 53.1 Å². The number of hydrogen-bond acceptors (Lipinski definition) is 4. The number of nitrogens with zero attached hydrogens (tertiary/aromatic N) is 3. The molecule has 2 aromatic heterocycles. The van der Waals surface area contributed by atoms with Gasteiger partial charge in [0.1, 0.15) is 23.5 Å². The summed E-state index contributed by atoms with van der Waals surface area (Å²) in [5.74, 6) is -4.08. The molecule has 14 heteroatoms. The van der Waals surface area contributed by atoms with Gasteiger partial charge in [-0.1, -0.05) is 19.8 Å². The van der Waals surface area contributed by atoms with E-state index in [0.29, 0.717) is 6.07 Å². The van der Waals surface area contributed by atoms with Gasteiger partial charge in [-0.25, -0.2) is 18.2 Å². The summed E-state index contributed by atoms with van der Waals surface area (Å²) in [5, 5.41) is 12.1. The maximum atomic E-state index is 16.4. The normalized spacial score (nSPS) is 12.8. The van der Waals surface area contributed by atoms with E-state index >= 15 is 8.78 Å². The molecule has 2 N–H and O–H groups in total. The molecule has 2 aromatic carbocycles. The molecule has 264 valence electrons. The number of rotatable bonds is 12. The van der Waals surface area contributed by atoms with E-state index in [2.05, 4.69) is 16.2 Å². The van der Waals surface area contributed by atoms with Crippen molar-refractivity contribution >= 4 is 11.9 Å². The zero-order valence-corrected chi connectivity index (χ0v) is 27.5. The third-order valence-electron chi connectivity index (χ3n) is 8.20. The SMILES string of the molecule is C#Cc1cc(-c2c(C)cc(F)cc2C)c(F)c([C@H](CC(=O)O)NC(=O)[C@@H](CC(C)C)n2cc(CCn3ccnc3)c(C(F)(F)F)cc2=O)c1F. The Hall–Kier alpha value is -5.32. The third-order valence-corrected chi connectivity index (χ3v) is 8.20. The molecule has 0 aliphatic rings. The molecule has 0 radical (unpaired) electrons. The van der Waals surface area contributed by atoms with Crippen molar-refractivity contribution in [1.82, 2.24) is 19.4 Å². The first-order valence-electron chi connectivity index (χ1n) is 15.5. The molecule has 0 saturated heterocycles. The number of halogens is 6. The van der Waals surface area contributed by atoms with Crippen molar-refractivity contribution in [1.29, 1.82) is 0 Å². The van der Waals surface area contributed by atoms with E-state index in [1.165, 1.54) is 30.9 Å². The first-order valence-corrected chi connectivity index (χ1v) is 15.5. The van der Waals surface area contributed by atoms with Gasteiger partial charge in [0, 0.05) is 42.3 Å². The molecular formula is C36H34F6N4O4. The Labute approximate surface area is 283 Å². The first kappa shape index (κ1) is 37.5. The summed E-state index contributed by atoms with van der Waals surface area (Å²) in [4.78, 5) is 43.1. The van der Waals surface area contributed by atoms with E-state index in [1.54, 1.807) is 20.0 Å². The number of benzene rings is 2. The monoisotopic (exact) mass is 700 g/mol. The van der Waals surface area contributed by atoms with Gasteiger partial charge in [-0.15, -0.1) is 6.42 Å². The molecule has 4 aromatic rings. The number of aryl methyl sites for hydroxylation is 4. The van der Waals surface area contributed by atoms with Crippen molar-refractivity contribution < 1.29 is 41.0 Å². The highest BCUT2D eigenvalue weighted by atomic mass is 19.4. The summed E-state index contributed by atoms with van der Waals surface area (Å²) in [6.45, 7) is 6.39. The lowest BCUT2D eigenvalue weighted by atomic mass is 9.89. The van der Waals surface area contributed by atoms with E-state index in [9.17, 15) is 37.1 Å². The fourth-order valence-corrected chi connectivity index (χ4v) is 6.01. The number of amides is 1. The summed E-state index contributed by atoms with van der Waals surface area (Å²) in [5.41, 5.74) is -3.60. The Bertz CT molecular complexity index is 1990. The lowest BCUT2D eigenvalue weighted by Crippen LogP contribution is -2.41. The molecule has 4 rings (SSSR count). The van der Waals surface area contributed by atoms with Crippen molar-refractivity contribution in [2.45, 2.75) is 71.8 Å². The minimum Gasteiger partial charge on any atom is -0.481 e. The van der Waals surface area contributed by atoms with Crippen LogP contribution in [0.15, 0.2) is 54.0 Å². The number of carboxylic acids is 1. The minimum atomic E-state index is -4.90. The smallest absolute Gasteiger partial charge is 0.416 e. The van der Waals surface area contributed by atoms with Gasteiger partial charge in [0.2, 0.25) is 5.91 Å². The summed E-state index contributed by atoms with van der Waals surface area (Å²) in [7, 11) is 0. The molecule has 0 saturated carbocycles. The third kappa shape index (κ3) is 8.27. The second kappa shape index (κ2) is 15.1. The van der Waals surface area contributed by atoms with Crippen LogP contribution in [-0.4, -0.2) is 31.1 Å². The molecule has 0 bridgehead atoms. The number of carboxylic acid groups (broad SMARTS) is 1. The number of carbonyl (C=O) groups excluding carboxylic acids is 1. The van der Waals surface area contributed by atoms with Gasteiger partial charge in [0.25, 0.3) is 5.56 Å². The number of imidazole rings is 1. The number of nitrogens with one attached hydrogen (secondary N) is 1. The largest absolute Gasteiger partial charge is 0.481 e. The maximum Gasteiger partial charge on any atom is 0.416 e. The Morgan fingerprint density at radius 2 is 1.72 bits per heavy atom. The molecule has 1 amide bonds. The molecule has 0 fully saturated rings. The van der Waals surface area contributed by atoms with Crippen molar-refractivity contribution in [2.75, 3.05) is 0 Å². The Balaban J connectivity index is 1.85. The van der Waals surface area contributed by atoms with Crippen LogP contribution in [0.5, 0.6) is 0 Å². The lowest BCUT2D eigenvalue weighted by molar-refractivity contribution is -0.139. The van der Waals surface area contributed by atoms with Gasteiger partial charge in [-0.05, 0) is 73.1 Å². The Morgan fingerprint density at radius 1 is 1.06 bits per heavy atom. The summed E-state index contributed by atoms with van der Waals surface area (Å²) >= 11 is 0. The van der Waals surface area contributed by atoms with Crippen molar-refractivity contribution in [3.05, 3.63) is 110 Å². The zero-order chi connectivity index (χ0) is 37.1. The first-order chi connectivity index (χ1) is 23.4. The number of terminal acetylenes is 1. The van der Waals surface area contributed by atoms with Crippen LogP contribution in [0.3, 0.4) is 0 Å². The Morgan fingerprint density at radius 3 is 2.26 bits per heavy atom. The van der Waals surface area contributed by atoms with Crippen LogP contribution >= 0.6 is 0 Å². The zero-order valence-electron chi connectivity index (χ0n) is 27.5. The van der Waals surface area contributed by atoms with Gasteiger partial charge < -0.3 is 19.6 Å². The quantitative estimate of drug-likeness (QED) is 0.124. The number of alkyl halides is 3. The molecule has 0 spiro atoms. The second-order valence-corrected chi connectivity index (χ2v) is 12.4. The minimum absolute atomic E-state index is 0.0580. The van der Waals surface area contributed by atoms with Crippen molar-refractivity contribution in [2.24, 2.45) is 5.92 Å². The number of pyridine rings is 1. The molecule has 0 aliphatic carbocycles. The standard InChI is InChI=1S/C36H34F6N4O4/c1-6-22-14-25(31-20(4)12-24(37)13-21(31)5)34(39)32(33(22)38)27(16-30(48)49)44-35(50)28(11-19(2)3)46-17-23(7-9-45-10-8-43-18-45)26(15-29(46)47)36(40,41)42/h1,8,10,12-15,17-19,27-28H,7,9,11,16H2,2-5H3,(H,44,50)(H,48,49)/t27-,28+/m0/s1. The molecule has 8 nitrogen and oxygen atoms in total. The number of aromatic nitrogens is 3. The number of hydrogen-bond donors (Lipinski definition) is 2. The van der Waals surface area contributed by atoms with Crippen LogP contribution in [0.1, 0.15) is 72.2 Å². The van der Waals surface area contributed by atoms with Crippen LogP contribution in [-0.2, 0) is 28.7 Å². The van der Waals surface area contributed by atoms with Crippen LogP contribution in [0.25, 0.3) is 11.1 Å². The molecule has 0 aliphatic heterocycles. The Kier molecular flexibility index (Phi) is 11.3. The summed E-state index contributed by atoms with van der Waals surface area (Å²) < 4.78 is 90.9. The van der Waals surface area contributed by atoms with Crippen molar-refractivity contribution in [3.8, 4) is 23.5 Å². The van der Waals surface area contributed by atoms with Gasteiger partial charge in [0.05, 0.1) is 29.9 Å². The highest BCUT2D eigenvalue weighted by Crippen LogP contribution is 2.38. The van der Waals surface area contributed by atoms with Crippen LogP contribution < -0.4 is 10.9 Å². The molecule has 50 heavy (non-hydrogen) atoms. The average Bonchev–Trinajstić information content (AvgIpc) is 3.53. The van der Waals surface area contributed by atoms with Crippen molar-refractivity contribution in [3.63, 3.8) is 0 Å². The number of carbonyl (C=O) groups is 2.